The number of rotatable bonds is 6. The van der Waals surface area contributed by atoms with Crippen LogP contribution < -0.4 is 13.7 Å². The number of pyridine rings is 3. The molecule has 51 heavy (non-hydrogen) atoms. The van der Waals surface area contributed by atoms with E-state index in [1.165, 1.54) is 33.2 Å². The number of aryl methyl sites for hydroxylation is 3. The van der Waals surface area contributed by atoms with Crippen LogP contribution in [0.1, 0.15) is 33.5 Å². The van der Waals surface area contributed by atoms with Gasteiger partial charge in [0, 0.05) is 70.2 Å². The van der Waals surface area contributed by atoms with E-state index >= 15 is 0 Å². The molecule has 8 aromatic rings. The van der Waals surface area contributed by atoms with Gasteiger partial charge < -0.3 is 15.0 Å². The lowest BCUT2D eigenvalue weighted by molar-refractivity contribution is -0.671. The second-order valence-corrected chi connectivity index (χ2v) is 12.6. The summed E-state index contributed by atoms with van der Waals surface area (Å²) in [6.45, 7) is 0. The molecule has 8 heteroatoms. The summed E-state index contributed by atoms with van der Waals surface area (Å²) in [6, 6.07) is 26.9. The predicted molar refractivity (Wildman–Crippen MR) is 210 cm³/mol. The molecule has 0 amide bonds. The smallest absolute Gasteiger partial charge is 0.169 e. The first-order valence-electron chi connectivity index (χ1n) is 16.6. The quantitative estimate of drug-likeness (QED) is 0.151. The number of H-pyrrole nitrogens is 3. The van der Waals surface area contributed by atoms with Gasteiger partial charge in [0.05, 0.1) is 18.2 Å². The topological polar surface area (TPSA) is 71.9 Å². The number of fused-ring (bicyclic) bond motifs is 2. The van der Waals surface area contributed by atoms with Crippen LogP contribution in [0.5, 0.6) is 0 Å². The summed E-state index contributed by atoms with van der Waals surface area (Å²) in [5, 5.41) is 3.15. The molecule has 6 heterocycles. The van der Waals surface area contributed by atoms with E-state index in [0.29, 0.717) is 0 Å². The fraction of sp³-hybridized carbons (Fsp3) is 0.0698. The van der Waals surface area contributed by atoms with Gasteiger partial charge in [0.15, 0.2) is 37.2 Å². The van der Waals surface area contributed by atoms with Crippen LogP contribution >= 0.6 is 11.6 Å². The number of imidazole rings is 1. The van der Waals surface area contributed by atoms with Crippen molar-refractivity contribution < 1.29 is 13.7 Å². The minimum atomic E-state index is 0.758. The normalized spacial score (nSPS) is 11.3. The molecule has 2 aromatic carbocycles. The first-order chi connectivity index (χ1) is 24.9. The van der Waals surface area contributed by atoms with Gasteiger partial charge in [-0.25, -0.2) is 18.7 Å². The van der Waals surface area contributed by atoms with Crippen LogP contribution in [0.4, 0.5) is 0 Å². The third-order valence-electron chi connectivity index (χ3n) is 8.16. The lowest BCUT2D eigenvalue weighted by Gasteiger charge is -1.95. The Morgan fingerprint density at radius 1 is 0.549 bits per heavy atom. The zero-order valence-corrected chi connectivity index (χ0v) is 29.7. The minimum absolute atomic E-state index is 0.758. The average Bonchev–Trinajstić information content (AvgIpc) is 3.93. The summed E-state index contributed by atoms with van der Waals surface area (Å²) in [5.41, 5.74) is 9.22. The van der Waals surface area contributed by atoms with Crippen LogP contribution in [0.2, 0.25) is 5.02 Å². The number of benzene rings is 2. The van der Waals surface area contributed by atoms with E-state index in [9.17, 15) is 0 Å². The highest BCUT2D eigenvalue weighted by molar-refractivity contribution is 6.31. The third kappa shape index (κ3) is 10.1. The van der Waals surface area contributed by atoms with Crippen molar-refractivity contribution in [2.45, 2.75) is 0 Å². The Balaban J connectivity index is 0.000000133. The Morgan fingerprint density at radius 2 is 1.12 bits per heavy atom. The van der Waals surface area contributed by atoms with Crippen molar-refractivity contribution in [3.8, 4) is 0 Å². The van der Waals surface area contributed by atoms with E-state index in [2.05, 4.69) is 117 Å². The van der Waals surface area contributed by atoms with Gasteiger partial charge in [0.1, 0.15) is 21.1 Å². The molecule has 0 bridgehead atoms. The van der Waals surface area contributed by atoms with Gasteiger partial charge in [0.25, 0.3) is 0 Å². The van der Waals surface area contributed by atoms with Crippen LogP contribution in [0, 0.1) is 0 Å². The fourth-order valence-corrected chi connectivity index (χ4v) is 5.39. The lowest BCUT2D eigenvalue weighted by Crippen LogP contribution is -2.25. The molecule has 3 N–H and O–H groups in total. The molecule has 0 radical (unpaired) electrons. The molecule has 0 aliphatic rings. The summed E-state index contributed by atoms with van der Waals surface area (Å²) in [4.78, 5) is 13.4. The molecule has 0 aliphatic heterocycles. The molecule has 0 aliphatic carbocycles. The summed E-state index contributed by atoms with van der Waals surface area (Å²) in [5.74, 6) is 0. The van der Waals surface area contributed by atoms with E-state index < -0.39 is 0 Å². The predicted octanol–water partition coefficient (Wildman–Crippen LogP) is 8.38. The zero-order valence-electron chi connectivity index (χ0n) is 28.9. The maximum atomic E-state index is 6.04. The van der Waals surface area contributed by atoms with Crippen LogP contribution in [0.3, 0.4) is 0 Å². The SMILES string of the molecule is C[n+]1ccc(/C=C/c2c[nH]c3ccc(Cl)cc23)cc1.C[n+]1ccc(/C=C/c2ccc3[nH]ccc3c2)cc1.C[n+]1ccc(/C=C/c2cnc[nH]2)cc1. The highest BCUT2D eigenvalue weighted by atomic mass is 35.5. The van der Waals surface area contributed by atoms with Crippen LogP contribution in [0.25, 0.3) is 58.3 Å². The largest absolute Gasteiger partial charge is 0.361 e. The van der Waals surface area contributed by atoms with E-state index in [0.717, 1.165) is 27.2 Å². The maximum Gasteiger partial charge on any atom is 0.169 e. The van der Waals surface area contributed by atoms with Crippen molar-refractivity contribution in [1.82, 2.24) is 19.9 Å². The number of hydrogen-bond acceptors (Lipinski definition) is 1. The first kappa shape index (κ1) is 34.5. The Labute approximate surface area is 303 Å². The molecule has 0 saturated heterocycles. The molecular weight excluding hydrogens is 650 g/mol. The van der Waals surface area contributed by atoms with E-state index in [4.69, 9.17) is 11.6 Å². The average molecular weight is 691 g/mol. The number of hydrogen-bond donors (Lipinski definition) is 3. The number of nitrogens with one attached hydrogen (secondary N) is 3. The Hall–Kier alpha value is -6.31. The fourth-order valence-electron chi connectivity index (χ4n) is 5.22. The van der Waals surface area contributed by atoms with Gasteiger partial charge in [-0.1, -0.05) is 48.0 Å². The van der Waals surface area contributed by atoms with Crippen LogP contribution in [0.15, 0.2) is 141 Å². The van der Waals surface area contributed by atoms with E-state index in [1.807, 2.05) is 102 Å². The highest BCUT2D eigenvalue weighted by Crippen LogP contribution is 2.24. The van der Waals surface area contributed by atoms with Gasteiger partial charge in [0.2, 0.25) is 0 Å². The first-order valence-corrected chi connectivity index (χ1v) is 17.0. The number of aromatic nitrogens is 7. The van der Waals surface area contributed by atoms with Gasteiger partial charge in [-0.2, -0.15) is 0 Å². The van der Waals surface area contributed by atoms with Crippen molar-refractivity contribution in [2.24, 2.45) is 21.1 Å². The summed E-state index contributed by atoms with van der Waals surface area (Å²) in [6.07, 6.45) is 32.2. The number of aromatic amines is 3. The van der Waals surface area contributed by atoms with Crippen molar-refractivity contribution in [2.75, 3.05) is 0 Å². The molecule has 8 rings (SSSR count). The Kier molecular flexibility index (Phi) is 11.4. The zero-order chi connectivity index (χ0) is 35.4. The van der Waals surface area contributed by atoms with Crippen molar-refractivity contribution in [3.05, 3.63) is 179 Å². The number of halogens is 1. The number of nitrogens with zero attached hydrogens (tertiary/aromatic N) is 4. The standard InChI is InChI=1S/C16H13ClN2.C16H14N2.C11H11N3/c1-19-8-6-12(7-9-19)2-3-13-11-18-16-5-4-14(17)10-15(13)16;1-18-10-7-13(8-11-18)2-3-14-4-5-16-15(12-14)6-9-17-16;1-14-6-4-10(5-7-14)2-3-11-8-12-9-13-11/h2-11H,1H3;2-12H,1H3;2-9H,1H3/p+3. The summed E-state index contributed by atoms with van der Waals surface area (Å²) in [7, 11) is 6.03. The molecule has 0 atom stereocenters. The molecule has 0 spiro atoms. The minimum Gasteiger partial charge on any atom is -0.361 e. The van der Waals surface area contributed by atoms with Gasteiger partial charge >= 0.3 is 0 Å². The van der Waals surface area contributed by atoms with E-state index in [1.54, 1.807) is 12.5 Å². The maximum absolute atomic E-state index is 6.04. The second kappa shape index (κ2) is 16.9. The second-order valence-electron chi connectivity index (χ2n) is 12.2. The van der Waals surface area contributed by atoms with Gasteiger partial charge in [-0.05, 0) is 75.7 Å². The Bertz CT molecular complexity index is 2380. The molecule has 0 fully saturated rings. The van der Waals surface area contributed by atoms with Gasteiger partial charge in [-0.3, -0.25) is 0 Å². The lowest BCUT2D eigenvalue weighted by atomic mass is 10.1. The molecule has 6 aromatic heterocycles. The molecule has 252 valence electrons. The van der Waals surface area contributed by atoms with Crippen LogP contribution in [-0.2, 0) is 21.1 Å². The third-order valence-corrected chi connectivity index (χ3v) is 8.40. The molecule has 0 unspecified atom stereocenters. The van der Waals surface area contributed by atoms with Gasteiger partial charge in [-0.15, -0.1) is 0 Å². The Morgan fingerprint density at radius 3 is 1.73 bits per heavy atom. The summed E-state index contributed by atoms with van der Waals surface area (Å²) < 4.78 is 6.06. The van der Waals surface area contributed by atoms with Crippen molar-refractivity contribution in [3.63, 3.8) is 0 Å². The van der Waals surface area contributed by atoms with Crippen molar-refractivity contribution in [1.29, 1.82) is 0 Å². The highest BCUT2D eigenvalue weighted by Gasteiger charge is 2.02. The molecular formula is C43H41ClN7+3. The summed E-state index contributed by atoms with van der Waals surface area (Å²) >= 11 is 6.04. The molecule has 7 nitrogen and oxygen atoms in total. The van der Waals surface area contributed by atoms with Crippen molar-refractivity contribution >= 4 is 69.9 Å². The van der Waals surface area contributed by atoms with Crippen LogP contribution in [-0.4, -0.2) is 19.9 Å². The molecule has 0 saturated carbocycles. The van der Waals surface area contributed by atoms with E-state index in [-0.39, 0.29) is 0 Å². The monoisotopic (exact) mass is 690 g/mol.